The van der Waals surface area contributed by atoms with Crippen LogP contribution < -0.4 is 14.8 Å². The number of carbonyl (C=O) groups is 1. The Morgan fingerprint density at radius 2 is 1.86 bits per heavy atom. The second kappa shape index (κ2) is 7.26. The molecule has 0 fully saturated rings. The lowest BCUT2D eigenvalue weighted by molar-refractivity contribution is 0.0946. The van der Waals surface area contributed by atoms with Crippen molar-refractivity contribution in [2.45, 2.75) is 6.54 Å². The van der Waals surface area contributed by atoms with Crippen molar-refractivity contribution in [1.29, 1.82) is 0 Å². The molecule has 1 amide bonds. The van der Waals surface area contributed by atoms with E-state index in [2.05, 4.69) is 21.2 Å². The van der Waals surface area contributed by atoms with E-state index in [1.807, 2.05) is 0 Å². The Labute approximate surface area is 136 Å². The summed E-state index contributed by atoms with van der Waals surface area (Å²) < 4.78 is 24.6. The van der Waals surface area contributed by atoms with Gasteiger partial charge >= 0.3 is 0 Å². The third-order valence-electron chi connectivity index (χ3n) is 3.07. The van der Waals surface area contributed by atoms with E-state index in [0.717, 1.165) is 5.56 Å². The van der Waals surface area contributed by atoms with Gasteiger partial charge in [0, 0.05) is 11.0 Å². The third-order valence-corrected chi connectivity index (χ3v) is 3.57. The minimum atomic E-state index is -0.562. The molecule has 0 aliphatic rings. The van der Waals surface area contributed by atoms with Gasteiger partial charge < -0.3 is 14.8 Å². The summed E-state index contributed by atoms with van der Waals surface area (Å²) in [5.41, 5.74) is 0.816. The van der Waals surface area contributed by atoms with Crippen molar-refractivity contribution < 1.29 is 18.7 Å². The average Bonchev–Trinajstić information content (AvgIpc) is 2.54. The van der Waals surface area contributed by atoms with Crippen LogP contribution in [0.5, 0.6) is 11.5 Å². The van der Waals surface area contributed by atoms with Gasteiger partial charge in [0.25, 0.3) is 5.91 Å². The number of hydrogen-bond donors (Lipinski definition) is 1. The topological polar surface area (TPSA) is 47.6 Å². The molecule has 6 heteroatoms. The zero-order valence-corrected chi connectivity index (χ0v) is 13.7. The molecular formula is C16H15BrFNO3. The van der Waals surface area contributed by atoms with Crippen LogP contribution in [0.3, 0.4) is 0 Å². The number of benzene rings is 2. The van der Waals surface area contributed by atoms with Crippen molar-refractivity contribution >= 4 is 21.8 Å². The Morgan fingerprint density at radius 1 is 1.14 bits per heavy atom. The van der Waals surface area contributed by atoms with Gasteiger partial charge in [-0.05, 0) is 35.9 Å². The van der Waals surface area contributed by atoms with Crippen LogP contribution in [-0.2, 0) is 6.54 Å². The van der Waals surface area contributed by atoms with E-state index < -0.39 is 11.7 Å². The summed E-state index contributed by atoms with van der Waals surface area (Å²) in [6.07, 6.45) is 0. The van der Waals surface area contributed by atoms with Gasteiger partial charge in [-0.15, -0.1) is 0 Å². The lowest BCUT2D eigenvalue weighted by Crippen LogP contribution is -2.23. The molecule has 4 nitrogen and oxygen atoms in total. The number of hydrogen-bond acceptors (Lipinski definition) is 3. The maximum Gasteiger partial charge on any atom is 0.254 e. The van der Waals surface area contributed by atoms with Crippen molar-refractivity contribution in [3.05, 3.63) is 57.8 Å². The molecule has 22 heavy (non-hydrogen) atoms. The first-order valence-electron chi connectivity index (χ1n) is 6.49. The van der Waals surface area contributed by atoms with E-state index >= 15 is 0 Å². The smallest absolute Gasteiger partial charge is 0.254 e. The number of rotatable bonds is 5. The highest BCUT2D eigenvalue weighted by molar-refractivity contribution is 9.10. The molecule has 1 N–H and O–H groups in total. The maximum atomic E-state index is 13.6. The normalized spacial score (nSPS) is 10.2. The third kappa shape index (κ3) is 3.76. The lowest BCUT2D eigenvalue weighted by Gasteiger charge is -2.10. The van der Waals surface area contributed by atoms with E-state index in [4.69, 9.17) is 9.47 Å². The molecule has 0 aliphatic carbocycles. The van der Waals surface area contributed by atoms with Crippen LogP contribution in [0.1, 0.15) is 15.9 Å². The average molecular weight is 368 g/mol. The first-order valence-corrected chi connectivity index (χ1v) is 7.28. The summed E-state index contributed by atoms with van der Waals surface area (Å²) in [7, 11) is 3.09. The highest BCUT2D eigenvalue weighted by Crippen LogP contribution is 2.27. The molecule has 116 valence electrons. The molecule has 0 atom stereocenters. The van der Waals surface area contributed by atoms with E-state index in [1.54, 1.807) is 31.4 Å². The van der Waals surface area contributed by atoms with E-state index in [9.17, 15) is 9.18 Å². The zero-order chi connectivity index (χ0) is 16.1. The summed E-state index contributed by atoms with van der Waals surface area (Å²) >= 11 is 3.22. The number of ether oxygens (including phenoxy) is 2. The molecule has 0 aromatic heterocycles. The fourth-order valence-corrected chi connectivity index (χ4v) is 2.30. The van der Waals surface area contributed by atoms with Crippen LogP contribution in [-0.4, -0.2) is 20.1 Å². The molecule has 0 spiro atoms. The Hall–Kier alpha value is -2.08. The van der Waals surface area contributed by atoms with Crippen molar-refractivity contribution in [2.24, 2.45) is 0 Å². The number of carbonyl (C=O) groups excluding carboxylic acids is 1. The Bertz CT molecular complexity index is 691. The quantitative estimate of drug-likeness (QED) is 0.879. The van der Waals surface area contributed by atoms with Crippen LogP contribution in [0.25, 0.3) is 0 Å². The van der Waals surface area contributed by atoms with Crippen LogP contribution in [0, 0.1) is 5.82 Å². The number of amides is 1. The predicted molar refractivity (Wildman–Crippen MR) is 84.8 cm³/mol. The second-order valence-electron chi connectivity index (χ2n) is 4.50. The molecule has 2 aromatic rings. The fraction of sp³-hybridized carbons (Fsp3) is 0.188. The predicted octanol–water partition coefficient (Wildman–Crippen LogP) is 3.54. The van der Waals surface area contributed by atoms with Crippen molar-refractivity contribution in [1.82, 2.24) is 5.32 Å². The Balaban J connectivity index is 2.09. The van der Waals surface area contributed by atoms with Crippen LogP contribution in [0.2, 0.25) is 0 Å². The minimum absolute atomic E-state index is 0.00477. The highest BCUT2D eigenvalue weighted by Gasteiger charge is 2.12. The summed E-state index contributed by atoms with van der Waals surface area (Å²) in [4.78, 5) is 12.0. The number of halogens is 2. The molecular weight excluding hydrogens is 353 g/mol. The van der Waals surface area contributed by atoms with Gasteiger partial charge in [0.05, 0.1) is 19.8 Å². The van der Waals surface area contributed by atoms with Gasteiger partial charge in [-0.2, -0.15) is 0 Å². The van der Waals surface area contributed by atoms with Crippen molar-refractivity contribution in [3.63, 3.8) is 0 Å². The Morgan fingerprint density at radius 3 is 2.55 bits per heavy atom. The van der Waals surface area contributed by atoms with Crippen LogP contribution >= 0.6 is 15.9 Å². The van der Waals surface area contributed by atoms with Gasteiger partial charge in [0.15, 0.2) is 11.5 Å². The molecule has 0 aliphatic heterocycles. The van der Waals surface area contributed by atoms with Gasteiger partial charge in [-0.1, -0.05) is 22.0 Å². The number of methoxy groups -OCH3 is 2. The minimum Gasteiger partial charge on any atom is -0.493 e. The fourth-order valence-electron chi connectivity index (χ4n) is 1.94. The summed E-state index contributed by atoms with van der Waals surface area (Å²) in [5.74, 6) is 0.139. The molecule has 0 unspecified atom stereocenters. The summed E-state index contributed by atoms with van der Waals surface area (Å²) in [6, 6.07) is 9.55. The van der Waals surface area contributed by atoms with Crippen LogP contribution in [0.15, 0.2) is 40.9 Å². The number of nitrogens with one attached hydrogen (secondary N) is 1. The van der Waals surface area contributed by atoms with Gasteiger partial charge in [-0.3, -0.25) is 4.79 Å². The van der Waals surface area contributed by atoms with E-state index in [0.29, 0.717) is 16.0 Å². The second-order valence-corrected chi connectivity index (χ2v) is 5.41. The molecule has 2 rings (SSSR count). The largest absolute Gasteiger partial charge is 0.493 e. The molecule has 0 heterocycles. The van der Waals surface area contributed by atoms with E-state index in [1.165, 1.54) is 19.2 Å². The van der Waals surface area contributed by atoms with E-state index in [-0.39, 0.29) is 12.1 Å². The SMILES string of the molecule is COc1ccc(CNC(=O)c2cc(Br)ccc2F)cc1OC. The molecule has 0 radical (unpaired) electrons. The molecule has 2 aromatic carbocycles. The van der Waals surface area contributed by atoms with Gasteiger partial charge in [-0.25, -0.2) is 4.39 Å². The first kappa shape index (κ1) is 16.3. The summed E-state index contributed by atoms with van der Waals surface area (Å²) in [5, 5.41) is 2.68. The van der Waals surface area contributed by atoms with Gasteiger partial charge in [0.2, 0.25) is 0 Å². The van der Waals surface area contributed by atoms with Crippen molar-refractivity contribution in [2.75, 3.05) is 14.2 Å². The highest BCUT2D eigenvalue weighted by atomic mass is 79.9. The molecule has 0 saturated heterocycles. The Kier molecular flexibility index (Phi) is 5.38. The first-order chi connectivity index (χ1) is 10.5. The maximum absolute atomic E-state index is 13.6. The standard InChI is InChI=1S/C16H15BrFNO3/c1-21-14-6-3-10(7-15(14)22-2)9-19-16(20)12-8-11(17)4-5-13(12)18/h3-8H,9H2,1-2H3,(H,19,20). The zero-order valence-electron chi connectivity index (χ0n) is 12.2. The molecule has 0 bridgehead atoms. The lowest BCUT2D eigenvalue weighted by atomic mass is 10.1. The van der Waals surface area contributed by atoms with Crippen molar-refractivity contribution in [3.8, 4) is 11.5 Å². The monoisotopic (exact) mass is 367 g/mol. The summed E-state index contributed by atoms with van der Waals surface area (Å²) in [6.45, 7) is 0.255. The molecule has 0 saturated carbocycles. The van der Waals surface area contributed by atoms with Crippen LogP contribution in [0.4, 0.5) is 4.39 Å². The van der Waals surface area contributed by atoms with Gasteiger partial charge in [0.1, 0.15) is 5.82 Å².